The summed E-state index contributed by atoms with van der Waals surface area (Å²) in [6.45, 7) is 12.8. The van der Waals surface area contributed by atoms with Gasteiger partial charge in [-0.05, 0) is 51.8 Å². The zero-order valence-corrected chi connectivity index (χ0v) is 16.4. The summed E-state index contributed by atoms with van der Waals surface area (Å²) >= 11 is 0. The van der Waals surface area contributed by atoms with Gasteiger partial charge < -0.3 is 10.2 Å². The SMILES string of the molecule is CC(C)c1cc(C(C)C)c2c(c1)C(C)(C)C2(O)c1ccc(C(=O)O)cc1. The number of fused-ring (bicyclic) bond motifs is 1. The van der Waals surface area contributed by atoms with Crippen LogP contribution in [0.2, 0.25) is 0 Å². The van der Waals surface area contributed by atoms with Crippen LogP contribution in [0.1, 0.15) is 91.6 Å². The number of aliphatic hydroxyl groups is 1. The van der Waals surface area contributed by atoms with Crippen molar-refractivity contribution < 1.29 is 15.0 Å². The van der Waals surface area contributed by atoms with Crippen LogP contribution in [-0.2, 0) is 11.0 Å². The molecule has 1 atom stereocenters. The summed E-state index contributed by atoms with van der Waals surface area (Å²) in [5, 5.41) is 20.9. The van der Waals surface area contributed by atoms with Crippen LogP contribution in [-0.4, -0.2) is 16.2 Å². The van der Waals surface area contributed by atoms with E-state index in [-0.39, 0.29) is 5.56 Å². The molecule has 0 aliphatic heterocycles. The maximum atomic E-state index is 11.8. The molecule has 1 aliphatic rings. The van der Waals surface area contributed by atoms with Crippen LogP contribution in [0.25, 0.3) is 0 Å². The van der Waals surface area contributed by atoms with Crippen LogP contribution < -0.4 is 0 Å². The normalized spacial score (nSPS) is 20.8. The molecule has 2 aromatic carbocycles. The third-order valence-electron chi connectivity index (χ3n) is 5.97. The largest absolute Gasteiger partial charge is 0.478 e. The van der Waals surface area contributed by atoms with Gasteiger partial charge in [0.1, 0.15) is 5.60 Å². The molecular weight excluding hydrogens is 324 g/mol. The van der Waals surface area contributed by atoms with Crippen molar-refractivity contribution in [2.75, 3.05) is 0 Å². The highest BCUT2D eigenvalue weighted by Crippen LogP contribution is 2.60. The Morgan fingerprint density at radius 3 is 2.00 bits per heavy atom. The lowest BCUT2D eigenvalue weighted by molar-refractivity contribution is -0.0255. The molecule has 2 aromatic rings. The van der Waals surface area contributed by atoms with Crippen molar-refractivity contribution in [2.45, 2.75) is 64.4 Å². The molecule has 26 heavy (non-hydrogen) atoms. The first kappa shape index (κ1) is 18.7. The first-order chi connectivity index (χ1) is 12.0. The summed E-state index contributed by atoms with van der Waals surface area (Å²) in [5.41, 5.74) is 4.07. The Balaban J connectivity index is 2.23. The molecule has 0 radical (unpaired) electrons. The molecule has 0 saturated heterocycles. The van der Waals surface area contributed by atoms with Crippen LogP contribution in [0.15, 0.2) is 36.4 Å². The standard InChI is InChI=1S/C23H28O3/c1-13(2)16-11-18(14(3)4)20-19(12-16)22(5,6)23(20,26)17-9-7-15(8-10-17)21(24)25/h7-14,26H,1-6H3,(H,24,25). The highest BCUT2D eigenvalue weighted by atomic mass is 16.4. The predicted octanol–water partition coefficient (Wildman–Crippen LogP) is 5.16. The second-order valence-electron chi connectivity index (χ2n) is 8.56. The van der Waals surface area contributed by atoms with Crippen molar-refractivity contribution in [3.8, 4) is 0 Å². The molecule has 0 spiro atoms. The lowest BCUT2D eigenvalue weighted by Gasteiger charge is -2.56. The minimum atomic E-state index is -1.12. The Hall–Kier alpha value is -2.13. The smallest absolute Gasteiger partial charge is 0.335 e. The summed E-state index contributed by atoms with van der Waals surface area (Å²) in [4.78, 5) is 11.2. The molecule has 0 fully saturated rings. The summed E-state index contributed by atoms with van der Waals surface area (Å²) in [7, 11) is 0. The summed E-state index contributed by atoms with van der Waals surface area (Å²) in [5.74, 6) is -0.234. The highest BCUT2D eigenvalue weighted by molar-refractivity contribution is 5.87. The fourth-order valence-electron chi connectivity index (χ4n) is 4.18. The molecule has 0 aromatic heterocycles. The van der Waals surface area contributed by atoms with Crippen molar-refractivity contribution in [2.24, 2.45) is 0 Å². The van der Waals surface area contributed by atoms with Gasteiger partial charge in [-0.1, -0.05) is 65.8 Å². The van der Waals surface area contributed by atoms with Crippen molar-refractivity contribution in [1.29, 1.82) is 0 Å². The highest BCUT2D eigenvalue weighted by Gasteiger charge is 2.59. The molecule has 3 rings (SSSR count). The average molecular weight is 352 g/mol. The summed E-state index contributed by atoms with van der Waals surface area (Å²) in [6, 6.07) is 11.1. The van der Waals surface area contributed by atoms with Gasteiger partial charge in [0, 0.05) is 5.41 Å². The molecule has 3 heteroatoms. The molecule has 138 valence electrons. The van der Waals surface area contributed by atoms with Gasteiger partial charge in [0.15, 0.2) is 0 Å². The van der Waals surface area contributed by atoms with Gasteiger partial charge in [-0.25, -0.2) is 4.79 Å². The zero-order valence-electron chi connectivity index (χ0n) is 16.4. The van der Waals surface area contributed by atoms with Crippen molar-refractivity contribution in [3.63, 3.8) is 0 Å². The molecule has 0 saturated carbocycles. The van der Waals surface area contributed by atoms with Gasteiger partial charge in [0.05, 0.1) is 5.56 Å². The number of carboxylic acids is 1. The van der Waals surface area contributed by atoms with Gasteiger partial charge in [0.25, 0.3) is 0 Å². The number of carboxylic acid groups (broad SMARTS) is 1. The first-order valence-corrected chi connectivity index (χ1v) is 9.26. The van der Waals surface area contributed by atoms with Gasteiger partial charge >= 0.3 is 5.97 Å². The lowest BCUT2D eigenvalue weighted by atomic mass is 9.50. The minimum absolute atomic E-state index is 0.231. The molecule has 1 unspecified atom stereocenters. The molecule has 0 bridgehead atoms. The van der Waals surface area contributed by atoms with Crippen LogP contribution in [0.4, 0.5) is 0 Å². The second-order valence-corrected chi connectivity index (χ2v) is 8.56. The molecule has 3 nitrogen and oxygen atoms in total. The van der Waals surface area contributed by atoms with Crippen LogP contribution >= 0.6 is 0 Å². The van der Waals surface area contributed by atoms with E-state index in [1.165, 1.54) is 16.7 Å². The minimum Gasteiger partial charge on any atom is -0.478 e. The zero-order chi connectivity index (χ0) is 19.4. The third-order valence-corrected chi connectivity index (χ3v) is 5.97. The van der Waals surface area contributed by atoms with Crippen LogP contribution in [0.5, 0.6) is 0 Å². The quantitative estimate of drug-likeness (QED) is 0.799. The number of hydrogen-bond donors (Lipinski definition) is 2. The maximum Gasteiger partial charge on any atom is 0.335 e. The van der Waals surface area contributed by atoms with Crippen LogP contribution in [0.3, 0.4) is 0 Å². The Kier molecular flexibility index (Phi) is 4.27. The lowest BCUT2D eigenvalue weighted by Crippen LogP contribution is -2.56. The molecule has 2 N–H and O–H groups in total. The van der Waals surface area contributed by atoms with E-state index in [9.17, 15) is 9.90 Å². The number of carbonyl (C=O) groups is 1. The number of hydrogen-bond acceptors (Lipinski definition) is 2. The molecule has 0 amide bonds. The van der Waals surface area contributed by atoms with Gasteiger partial charge in [0.2, 0.25) is 0 Å². The fraction of sp³-hybridized carbons (Fsp3) is 0.435. The maximum absolute atomic E-state index is 11.8. The molecule has 0 heterocycles. The van der Waals surface area contributed by atoms with Crippen LogP contribution in [0, 0.1) is 0 Å². The monoisotopic (exact) mass is 352 g/mol. The van der Waals surface area contributed by atoms with E-state index < -0.39 is 17.0 Å². The Morgan fingerprint density at radius 2 is 1.54 bits per heavy atom. The Morgan fingerprint density at radius 1 is 0.962 bits per heavy atom. The van der Waals surface area contributed by atoms with E-state index in [2.05, 4.69) is 53.7 Å². The van der Waals surface area contributed by atoms with E-state index in [1.807, 2.05) is 0 Å². The Labute approximate surface area is 155 Å². The number of benzene rings is 2. The number of rotatable bonds is 4. The summed E-state index contributed by atoms with van der Waals surface area (Å²) in [6.07, 6.45) is 0. The van der Waals surface area contributed by atoms with Crippen molar-refractivity contribution in [3.05, 3.63) is 69.8 Å². The van der Waals surface area contributed by atoms with Crippen molar-refractivity contribution in [1.82, 2.24) is 0 Å². The topological polar surface area (TPSA) is 57.5 Å². The van der Waals surface area contributed by atoms with E-state index in [1.54, 1.807) is 24.3 Å². The molecule has 1 aliphatic carbocycles. The van der Waals surface area contributed by atoms with Gasteiger partial charge in [-0.15, -0.1) is 0 Å². The van der Waals surface area contributed by atoms with Gasteiger partial charge in [-0.3, -0.25) is 0 Å². The van der Waals surface area contributed by atoms with E-state index >= 15 is 0 Å². The fourth-order valence-corrected chi connectivity index (χ4v) is 4.18. The molecular formula is C23H28O3. The van der Waals surface area contributed by atoms with Gasteiger partial charge in [-0.2, -0.15) is 0 Å². The second kappa shape index (κ2) is 5.95. The van der Waals surface area contributed by atoms with E-state index in [0.717, 1.165) is 11.1 Å². The third kappa shape index (κ3) is 2.41. The van der Waals surface area contributed by atoms with E-state index in [0.29, 0.717) is 11.8 Å². The summed E-state index contributed by atoms with van der Waals surface area (Å²) < 4.78 is 0. The first-order valence-electron chi connectivity index (χ1n) is 9.26. The number of aromatic carboxylic acids is 1. The van der Waals surface area contributed by atoms with E-state index in [4.69, 9.17) is 5.11 Å². The Bertz CT molecular complexity index is 843. The van der Waals surface area contributed by atoms with Crippen molar-refractivity contribution >= 4 is 5.97 Å². The average Bonchev–Trinajstić information content (AvgIpc) is 2.59. The predicted molar refractivity (Wildman–Crippen MR) is 104 cm³/mol.